The van der Waals surface area contributed by atoms with E-state index < -0.39 is 22.5 Å². The molecule has 11 heteroatoms. The highest BCUT2D eigenvalue weighted by molar-refractivity contribution is 7.92. The van der Waals surface area contributed by atoms with Crippen molar-refractivity contribution in [1.82, 2.24) is 5.43 Å². The molecule has 1 N–H and O–H groups in total. The van der Waals surface area contributed by atoms with Gasteiger partial charge in [0.15, 0.2) is 11.5 Å². The zero-order chi connectivity index (χ0) is 25.4. The number of halogens is 1. The van der Waals surface area contributed by atoms with Gasteiger partial charge in [0.2, 0.25) is 0 Å². The van der Waals surface area contributed by atoms with E-state index in [0.29, 0.717) is 22.8 Å². The van der Waals surface area contributed by atoms with Crippen molar-refractivity contribution in [3.05, 3.63) is 77.3 Å². The zero-order valence-electron chi connectivity index (χ0n) is 19.3. The second-order valence-corrected chi connectivity index (χ2v) is 9.32. The first-order valence-electron chi connectivity index (χ1n) is 10.3. The summed E-state index contributed by atoms with van der Waals surface area (Å²) in [7, 11) is 0.392. The molecule has 0 bridgehead atoms. The molecule has 0 unspecified atom stereocenters. The van der Waals surface area contributed by atoms with Crippen molar-refractivity contribution in [2.24, 2.45) is 5.10 Å². The van der Waals surface area contributed by atoms with Gasteiger partial charge in [0.05, 0.1) is 43.1 Å². The van der Waals surface area contributed by atoms with Gasteiger partial charge in [0.25, 0.3) is 15.9 Å². The van der Waals surface area contributed by atoms with E-state index in [9.17, 15) is 13.2 Å². The maximum absolute atomic E-state index is 13.4. The molecular weight excluding hydrogens is 494 g/mol. The van der Waals surface area contributed by atoms with E-state index in [-0.39, 0.29) is 15.6 Å². The molecule has 0 spiro atoms. The van der Waals surface area contributed by atoms with E-state index in [1.54, 1.807) is 36.4 Å². The van der Waals surface area contributed by atoms with Crippen LogP contribution >= 0.6 is 11.6 Å². The molecule has 0 radical (unpaired) electrons. The fourth-order valence-electron chi connectivity index (χ4n) is 3.12. The smallest absolute Gasteiger partial charge is 0.264 e. The summed E-state index contributed by atoms with van der Waals surface area (Å²) in [6.45, 7) is -0.539. The Morgan fingerprint density at radius 3 is 2.23 bits per heavy atom. The summed E-state index contributed by atoms with van der Waals surface area (Å²) in [4.78, 5) is 12.7. The number of methoxy groups -OCH3 is 3. The third kappa shape index (κ3) is 6.23. The first kappa shape index (κ1) is 25.9. The number of hydrazone groups is 1. The number of rotatable bonds is 10. The van der Waals surface area contributed by atoms with Crippen molar-refractivity contribution in [3.8, 4) is 17.2 Å². The van der Waals surface area contributed by atoms with Gasteiger partial charge in [0.1, 0.15) is 12.3 Å². The van der Waals surface area contributed by atoms with Gasteiger partial charge in [-0.15, -0.1) is 0 Å². The normalized spacial score (nSPS) is 11.2. The fraction of sp³-hybridized carbons (Fsp3) is 0.167. The number of benzene rings is 3. The van der Waals surface area contributed by atoms with Gasteiger partial charge in [-0.3, -0.25) is 9.10 Å². The van der Waals surface area contributed by atoms with Crippen LogP contribution in [0.3, 0.4) is 0 Å². The molecule has 0 aromatic heterocycles. The van der Waals surface area contributed by atoms with Crippen LogP contribution < -0.4 is 23.9 Å². The molecule has 0 aliphatic carbocycles. The van der Waals surface area contributed by atoms with Crippen molar-refractivity contribution in [3.63, 3.8) is 0 Å². The molecule has 0 saturated carbocycles. The van der Waals surface area contributed by atoms with E-state index in [1.807, 2.05) is 0 Å². The Morgan fingerprint density at radius 2 is 1.60 bits per heavy atom. The molecule has 0 fully saturated rings. The number of nitrogens with zero attached hydrogens (tertiary/aromatic N) is 2. The SMILES string of the molecule is COc1ccc(N(CC(=O)N/N=C/c2ccc(OC)c(OC)c2)S(=O)(=O)c2ccccc2)cc1Cl. The number of amides is 1. The van der Waals surface area contributed by atoms with Crippen molar-refractivity contribution in [1.29, 1.82) is 0 Å². The van der Waals surface area contributed by atoms with Gasteiger partial charge < -0.3 is 14.2 Å². The minimum absolute atomic E-state index is 0.0218. The largest absolute Gasteiger partial charge is 0.495 e. The Balaban J connectivity index is 1.84. The summed E-state index contributed by atoms with van der Waals surface area (Å²) in [6, 6.07) is 17.3. The molecule has 1 amide bonds. The van der Waals surface area contributed by atoms with Gasteiger partial charge in [-0.25, -0.2) is 13.8 Å². The van der Waals surface area contributed by atoms with Crippen LogP contribution in [0, 0.1) is 0 Å². The first-order valence-corrected chi connectivity index (χ1v) is 12.1. The van der Waals surface area contributed by atoms with Crippen LogP contribution in [0.25, 0.3) is 0 Å². The van der Waals surface area contributed by atoms with E-state index >= 15 is 0 Å². The predicted octanol–water partition coefficient (Wildman–Crippen LogP) is 3.71. The van der Waals surface area contributed by atoms with E-state index in [4.69, 9.17) is 25.8 Å². The highest BCUT2D eigenvalue weighted by Crippen LogP contribution is 2.32. The van der Waals surface area contributed by atoms with Gasteiger partial charge in [-0.1, -0.05) is 29.8 Å². The third-order valence-electron chi connectivity index (χ3n) is 4.85. The number of nitrogens with one attached hydrogen (secondary N) is 1. The van der Waals surface area contributed by atoms with Gasteiger partial charge >= 0.3 is 0 Å². The number of ether oxygens (including phenoxy) is 3. The highest BCUT2D eigenvalue weighted by atomic mass is 35.5. The summed E-state index contributed by atoms with van der Waals surface area (Å²) in [5.74, 6) is 0.762. The Kier molecular flexibility index (Phi) is 8.56. The Hall–Kier alpha value is -3.76. The number of hydrogen-bond donors (Lipinski definition) is 1. The number of anilines is 1. The number of carbonyl (C=O) groups excluding carboxylic acids is 1. The predicted molar refractivity (Wildman–Crippen MR) is 134 cm³/mol. The van der Waals surface area contributed by atoms with Crippen LogP contribution in [-0.4, -0.2) is 48.4 Å². The molecule has 184 valence electrons. The summed E-state index contributed by atoms with van der Waals surface area (Å²) in [5, 5.41) is 4.13. The standard InChI is InChI=1S/C24H24ClN3O6S/c1-32-21-12-10-18(14-20(21)25)28(35(30,31)19-7-5-4-6-8-19)16-24(29)27-26-15-17-9-11-22(33-2)23(13-17)34-3/h4-15H,16H2,1-3H3,(H,27,29)/b26-15+. The average molecular weight is 518 g/mol. The number of carbonyl (C=O) groups is 1. The molecule has 3 aromatic rings. The minimum Gasteiger partial charge on any atom is -0.495 e. The van der Waals surface area contributed by atoms with Gasteiger partial charge in [0, 0.05) is 0 Å². The molecular formula is C24H24ClN3O6S. The average Bonchev–Trinajstić information content (AvgIpc) is 2.87. The molecule has 3 rings (SSSR count). The van der Waals surface area contributed by atoms with Crippen LogP contribution in [-0.2, 0) is 14.8 Å². The lowest BCUT2D eigenvalue weighted by atomic mass is 10.2. The highest BCUT2D eigenvalue weighted by Gasteiger charge is 2.27. The Morgan fingerprint density at radius 1 is 0.943 bits per heavy atom. The maximum Gasteiger partial charge on any atom is 0.264 e. The van der Waals surface area contributed by atoms with Crippen molar-refractivity contribution in [2.45, 2.75) is 4.90 Å². The second-order valence-electron chi connectivity index (χ2n) is 7.05. The van der Waals surface area contributed by atoms with Crippen LogP contribution in [0.5, 0.6) is 17.2 Å². The molecule has 0 atom stereocenters. The minimum atomic E-state index is -4.09. The topological polar surface area (TPSA) is 107 Å². The summed E-state index contributed by atoms with van der Waals surface area (Å²) < 4.78 is 43.3. The lowest BCUT2D eigenvalue weighted by Crippen LogP contribution is -2.39. The molecule has 0 aliphatic rings. The first-order chi connectivity index (χ1) is 16.8. The van der Waals surface area contributed by atoms with E-state index in [2.05, 4.69) is 10.5 Å². The molecule has 0 heterocycles. The van der Waals surface area contributed by atoms with Crippen molar-refractivity contribution >= 4 is 39.4 Å². The second kappa shape index (κ2) is 11.6. The molecule has 0 aliphatic heterocycles. The van der Waals surface area contributed by atoms with Gasteiger partial charge in [-0.2, -0.15) is 5.10 Å². The van der Waals surface area contributed by atoms with E-state index in [1.165, 1.54) is 57.9 Å². The number of sulfonamides is 1. The van der Waals surface area contributed by atoms with Crippen LogP contribution in [0.15, 0.2) is 76.7 Å². The molecule has 3 aromatic carbocycles. The Labute approximate surface area is 208 Å². The maximum atomic E-state index is 13.4. The van der Waals surface area contributed by atoms with Gasteiger partial charge in [-0.05, 0) is 54.1 Å². The van der Waals surface area contributed by atoms with Crippen LogP contribution in [0.2, 0.25) is 5.02 Å². The quantitative estimate of drug-likeness (QED) is 0.324. The van der Waals surface area contributed by atoms with Crippen LogP contribution in [0.1, 0.15) is 5.56 Å². The van der Waals surface area contributed by atoms with Crippen LogP contribution in [0.4, 0.5) is 5.69 Å². The van der Waals surface area contributed by atoms with E-state index in [0.717, 1.165) is 4.31 Å². The summed E-state index contributed by atoms with van der Waals surface area (Å²) in [6.07, 6.45) is 1.40. The number of hydrogen-bond acceptors (Lipinski definition) is 7. The molecule has 35 heavy (non-hydrogen) atoms. The lowest BCUT2D eigenvalue weighted by Gasteiger charge is -2.24. The summed E-state index contributed by atoms with van der Waals surface area (Å²) >= 11 is 6.21. The molecule has 0 saturated heterocycles. The molecule has 9 nitrogen and oxygen atoms in total. The summed E-state index contributed by atoms with van der Waals surface area (Å²) in [5.41, 5.74) is 3.18. The van der Waals surface area contributed by atoms with Crippen molar-refractivity contribution in [2.75, 3.05) is 32.2 Å². The monoisotopic (exact) mass is 517 g/mol. The Bertz CT molecular complexity index is 1320. The lowest BCUT2D eigenvalue weighted by molar-refractivity contribution is -0.119. The third-order valence-corrected chi connectivity index (χ3v) is 6.94. The fourth-order valence-corrected chi connectivity index (χ4v) is 4.81. The zero-order valence-corrected chi connectivity index (χ0v) is 20.8. The van der Waals surface area contributed by atoms with Crippen molar-refractivity contribution < 1.29 is 27.4 Å².